The van der Waals surface area contributed by atoms with Gasteiger partial charge >= 0.3 is 0 Å². The molecule has 2 heterocycles. The number of para-hydroxylation sites is 1. The maximum absolute atomic E-state index is 12.6. The van der Waals surface area contributed by atoms with Gasteiger partial charge in [-0.05, 0) is 49.2 Å². The second kappa shape index (κ2) is 9.05. The largest absolute Gasteiger partial charge is 0.451 e. The van der Waals surface area contributed by atoms with Crippen LogP contribution in [-0.4, -0.2) is 23.9 Å². The van der Waals surface area contributed by atoms with Gasteiger partial charge in [-0.25, -0.2) is 0 Å². The SMILES string of the molecule is O=C(NCc1ccccc1CN1CCCCCC1)c1cc(=O)c2ccccc2o1. The van der Waals surface area contributed by atoms with E-state index in [1.807, 2.05) is 18.2 Å². The first-order chi connectivity index (χ1) is 14.2. The summed E-state index contributed by atoms with van der Waals surface area (Å²) in [5, 5.41) is 3.39. The summed E-state index contributed by atoms with van der Waals surface area (Å²) in [6.07, 6.45) is 5.12. The van der Waals surface area contributed by atoms with Crippen molar-refractivity contribution in [3.05, 3.63) is 81.7 Å². The van der Waals surface area contributed by atoms with Crippen LogP contribution in [0.2, 0.25) is 0 Å². The van der Waals surface area contributed by atoms with Gasteiger partial charge in [0.2, 0.25) is 0 Å². The molecule has 150 valence electrons. The second-order valence-electron chi connectivity index (χ2n) is 7.61. The van der Waals surface area contributed by atoms with Crippen LogP contribution < -0.4 is 10.7 Å². The molecule has 5 nitrogen and oxygen atoms in total. The summed E-state index contributed by atoms with van der Waals surface area (Å²) in [4.78, 5) is 27.3. The lowest BCUT2D eigenvalue weighted by atomic mass is 10.1. The Labute approximate surface area is 170 Å². The van der Waals surface area contributed by atoms with Crippen molar-refractivity contribution < 1.29 is 9.21 Å². The Kier molecular flexibility index (Phi) is 6.06. The lowest BCUT2D eigenvalue weighted by Gasteiger charge is -2.21. The topological polar surface area (TPSA) is 62.6 Å². The molecule has 1 fully saturated rings. The summed E-state index contributed by atoms with van der Waals surface area (Å²) in [5.74, 6) is -0.337. The highest BCUT2D eigenvalue weighted by Gasteiger charge is 2.14. The van der Waals surface area contributed by atoms with Crippen LogP contribution in [0.25, 0.3) is 11.0 Å². The van der Waals surface area contributed by atoms with Gasteiger partial charge in [0.25, 0.3) is 5.91 Å². The molecule has 0 radical (unpaired) electrons. The molecule has 1 aliphatic heterocycles. The molecule has 1 aromatic heterocycles. The van der Waals surface area contributed by atoms with E-state index in [1.165, 1.54) is 37.3 Å². The average Bonchev–Trinajstić information content (AvgIpc) is 3.01. The Morgan fingerprint density at radius 2 is 1.62 bits per heavy atom. The third-order valence-electron chi connectivity index (χ3n) is 5.51. The molecule has 0 atom stereocenters. The average molecular weight is 390 g/mol. The predicted octanol–water partition coefficient (Wildman–Crippen LogP) is 4.10. The highest BCUT2D eigenvalue weighted by molar-refractivity contribution is 5.93. The molecular weight excluding hydrogens is 364 g/mol. The molecule has 0 saturated carbocycles. The normalized spacial score (nSPS) is 15.2. The van der Waals surface area contributed by atoms with Gasteiger partial charge in [-0.2, -0.15) is 0 Å². The van der Waals surface area contributed by atoms with E-state index in [4.69, 9.17) is 4.42 Å². The number of fused-ring (bicyclic) bond motifs is 1. The number of nitrogens with one attached hydrogen (secondary N) is 1. The van der Waals surface area contributed by atoms with Crippen LogP contribution in [0.4, 0.5) is 0 Å². The first-order valence-corrected chi connectivity index (χ1v) is 10.3. The van der Waals surface area contributed by atoms with E-state index < -0.39 is 0 Å². The molecule has 1 amide bonds. The van der Waals surface area contributed by atoms with Gasteiger partial charge in [-0.15, -0.1) is 0 Å². The van der Waals surface area contributed by atoms with E-state index in [1.54, 1.807) is 24.3 Å². The summed E-state index contributed by atoms with van der Waals surface area (Å²) in [6.45, 7) is 3.56. The number of amides is 1. The van der Waals surface area contributed by atoms with Crippen molar-refractivity contribution in [1.29, 1.82) is 0 Å². The Bertz CT molecular complexity index is 1050. The molecule has 2 aromatic carbocycles. The van der Waals surface area contributed by atoms with Crippen molar-refractivity contribution in [2.24, 2.45) is 0 Å². The molecule has 0 spiro atoms. The summed E-state index contributed by atoms with van der Waals surface area (Å²) in [6, 6.07) is 16.4. The van der Waals surface area contributed by atoms with E-state index in [0.29, 0.717) is 17.5 Å². The van der Waals surface area contributed by atoms with Crippen LogP contribution in [-0.2, 0) is 13.1 Å². The Hall–Kier alpha value is -2.92. The van der Waals surface area contributed by atoms with E-state index in [0.717, 1.165) is 25.2 Å². The lowest BCUT2D eigenvalue weighted by molar-refractivity contribution is 0.0923. The monoisotopic (exact) mass is 390 g/mol. The number of nitrogens with zero attached hydrogens (tertiary/aromatic N) is 1. The van der Waals surface area contributed by atoms with Crippen molar-refractivity contribution in [3.63, 3.8) is 0 Å². The van der Waals surface area contributed by atoms with E-state index in [-0.39, 0.29) is 17.1 Å². The number of hydrogen-bond acceptors (Lipinski definition) is 4. The molecule has 0 bridgehead atoms. The zero-order valence-corrected chi connectivity index (χ0v) is 16.5. The minimum atomic E-state index is -0.377. The van der Waals surface area contributed by atoms with Crippen molar-refractivity contribution in [2.75, 3.05) is 13.1 Å². The zero-order chi connectivity index (χ0) is 20.1. The zero-order valence-electron chi connectivity index (χ0n) is 16.5. The highest BCUT2D eigenvalue weighted by Crippen LogP contribution is 2.17. The molecule has 1 aliphatic rings. The standard InChI is InChI=1S/C24H26N2O3/c27-21-15-23(29-22-12-6-5-11-20(21)22)24(28)25-16-18-9-3-4-10-19(18)17-26-13-7-1-2-8-14-26/h3-6,9-12,15H,1-2,7-8,13-14,16-17H2,(H,25,28). The minimum Gasteiger partial charge on any atom is -0.451 e. The number of likely N-dealkylation sites (tertiary alicyclic amines) is 1. The predicted molar refractivity (Wildman–Crippen MR) is 114 cm³/mol. The Balaban J connectivity index is 1.46. The Morgan fingerprint density at radius 1 is 0.931 bits per heavy atom. The molecule has 5 heteroatoms. The van der Waals surface area contributed by atoms with Crippen molar-refractivity contribution in [3.8, 4) is 0 Å². The van der Waals surface area contributed by atoms with Crippen LogP contribution in [0.1, 0.15) is 47.4 Å². The van der Waals surface area contributed by atoms with Gasteiger partial charge < -0.3 is 9.73 Å². The summed E-state index contributed by atoms with van der Waals surface area (Å²) in [5.41, 5.74) is 2.54. The third-order valence-corrected chi connectivity index (χ3v) is 5.51. The fourth-order valence-corrected chi connectivity index (χ4v) is 3.90. The summed E-state index contributed by atoms with van der Waals surface area (Å²) >= 11 is 0. The summed E-state index contributed by atoms with van der Waals surface area (Å²) in [7, 11) is 0. The molecule has 1 saturated heterocycles. The van der Waals surface area contributed by atoms with Crippen LogP contribution in [0.15, 0.2) is 63.8 Å². The first kappa shape index (κ1) is 19.4. The van der Waals surface area contributed by atoms with E-state index in [2.05, 4.69) is 16.3 Å². The van der Waals surface area contributed by atoms with Crippen LogP contribution in [0.5, 0.6) is 0 Å². The summed E-state index contributed by atoms with van der Waals surface area (Å²) < 4.78 is 5.64. The van der Waals surface area contributed by atoms with Gasteiger partial charge in [0.15, 0.2) is 11.2 Å². The maximum atomic E-state index is 12.6. The van der Waals surface area contributed by atoms with Gasteiger partial charge in [-0.3, -0.25) is 14.5 Å². The molecule has 0 unspecified atom stereocenters. The van der Waals surface area contributed by atoms with Gasteiger partial charge in [-0.1, -0.05) is 49.2 Å². The lowest BCUT2D eigenvalue weighted by Crippen LogP contribution is -2.27. The number of carbonyl (C=O) groups excluding carboxylic acids is 1. The quantitative estimate of drug-likeness (QED) is 0.712. The first-order valence-electron chi connectivity index (χ1n) is 10.3. The number of carbonyl (C=O) groups is 1. The van der Waals surface area contributed by atoms with Crippen molar-refractivity contribution in [2.45, 2.75) is 38.8 Å². The molecule has 29 heavy (non-hydrogen) atoms. The molecule has 0 aliphatic carbocycles. The third kappa shape index (κ3) is 4.74. The second-order valence-corrected chi connectivity index (χ2v) is 7.61. The molecule has 3 aromatic rings. The van der Waals surface area contributed by atoms with Gasteiger partial charge in [0.1, 0.15) is 5.58 Å². The fourth-order valence-electron chi connectivity index (χ4n) is 3.90. The minimum absolute atomic E-state index is 0.0405. The molecular formula is C24H26N2O3. The van der Waals surface area contributed by atoms with Crippen LogP contribution in [0.3, 0.4) is 0 Å². The van der Waals surface area contributed by atoms with Crippen LogP contribution in [0, 0.1) is 0 Å². The molecule has 4 rings (SSSR count). The molecule has 1 N–H and O–H groups in total. The Morgan fingerprint density at radius 3 is 2.41 bits per heavy atom. The number of rotatable bonds is 5. The van der Waals surface area contributed by atoms with Crippen LogP contribution >= 0.6 is 0 Å². The van der Waals surface area contributed by atoms with Gasteiger partial charge in [0.05, 0.1) is 5.39 Å². The fraction of sp³-hybridized carbons (Fsp3) is 0.333. The smallest absolute Gasteiger partial charge is 0.287 e. The van der Waals surface area contributed by atoms with Crippen molar-refractivity contribution in [1.82, 2.24) is 10.2 Å². The van der Waals surface area contributed by atoms with E-state index in [9.17, 15) is 9.59 Å². The van der Waals surface area contributed by atoms with Crippen molar-refractivity contribution >= 4 is 16.9 Å². The van der Waals surface area contributed by atoms with E-state index >= 15 is 0 Å². The number of hydrogen-bond donors (Lipinski definition) is 1. The maximum Gasteiger partial charge on any atom is 0.287 e. The van der Waals surface area contributed by atoms with Gasteiger partial charge in [0, 0.05) is 19.2 Å². The highest BCUT2D eigenvalue weighted by atomic mass is 16.3. The number of benzene rings is 2.